The molecule has 1 unspecified atom stereocenters. The lowest BCUT2D eigenvalue weighted by molar-refractivity contribution is -0.125. The van der Waals surface area contributed by atoms with Gasteiger partial charge in [0.05, 0.1) is 0 Å². The summed E-state index contributed by atoms with van der Waals surface area (Å²) in [6.07, 6.45) is 0. The third-order valence-corrected chi connectivity index (χ3v) is 3.17. The van der Waals surface area contributed by atoms with Gasteiger partial charge in [0.1, 0.15) is 11.8 Å². The highest BCUT2D eigenvalue weighted by Crippen LogP contribution is 2.14. The van der Waals surface area contributed by atoms with Crippen LogP contribution in [0.2, 0.25) is 0 Å². The molecule has 6 heteroatoms. The lowest BCUT2D eigenvalue weighted by atomic mass is 10.1. The SMILES string of the molecule is CNC(=O)C1CNCCN1C(=O)c1ccc(O)cc1. The Hall–Kier alpha value is -2.08. The second-order valence-electron chi connectivity index (χ2n) is 4.38. The first-order chi connectivity index (χ1) is 9.13. The Morgan fingerprint density at radius 1 is 1.37 bits per heavy atom. The fourth-order valence-electron chi connectivity index (χ4n) is 2.12. The van der Waals surface area contributed by atoms with Crippen molar-refractivity contribution in [2.45, 2.75) is 6.04 Å². The van der Waals surface area contributed by atoms with Gasteiger partial charge in [-0.15, -0.1) is 0 Å². The van der Waals surface area contributed by atoms with Gasteiger partial charge in [-0.2, -0.15) is 0 Å². The number of rotatable bonds is 2. The molecule has 1 aliphatic rings. The van der Waals surface area contributed by atoms with E-state index >= 15 is 0 Å². The van der Waals surface area contributed by atoms with Crippen LogP contribution in [0.3, 0.4) is 0 Å². The van der Waals surface area contributed by atoms with E-state index in [4.69, 9.17) is 0 Å². The van der Waals surface area contributed by atoms with Crippen LogP contribution in [0, 0.1) is 0 Å². The number of aromatic hydroxyl groups is 1. The van der Waals surface area contributed by atoms with Gasteiger partial charge in [0.15, 0.2) is 0 Å². The van der Waals surface area contributed by atoms with Gasteiger partial charge in [0.25, 0.3) is 5.91 Å². The highest BCUT2D eigenvalue weighted by atomic mass is 16.3. The molecule has 1 heterocycles. The van der Waals surface area contributed by atoms with Crippen molar-refractivity contribution in [2.75, 3.05) is 26.7 Å². The summed E-state index contributed by atoms with van der Waals surface area (Å²) in [5.74, 6) is -0.269. The zero-order valence-electron chi connectivity index (χ0n) is 10.7. The zero-order chi connectivity index (χ0) is 13.8. The van der Waals surface area contributed by atoms with Crippen LogP contribution in [0.1, 0.15) is 10.4 Å². The van der Waals surface area contributed by atoms with Gasteiger partial charge in [0.2, 0.25) is 5.91 Å². The highest BCUT2D eigenvalue weighted by molar-refractivity contribution is 5.97. The molecule has 0 spiro atoms. The number of nitrogens with one attached hydrogen (secondary N) is 2. The number of benzene rings is 1. The molecule has 3 N–H and O–H groups in total. The molecular weight excluding hydrogens is 246 g/mol. The quantitative estimate of drug-likeness (QED) is 0.675. The standard InChI is InChI=1S/C13H17N3O3/c1-14-12(18)11-8-15-6-7-16(11)13(19)9-2-4-10(17)5-3-9/h2-5,11,15,17H,6-8H2,1H3,(H,14,18). The van der Waals surface area contributed by atoms with Gasteiger partial charge in [-0.25, -0.2) is 0 Å². The van der Waals surface area contributed by atoms with Gasteiger partial charge in [0, 0.05) is 32.2 Å². The molecular formula is C13H17N3O3. The molecule has 1 aromatic rings. The number of nitrogens with zero attached hydrogens (tertiary/aromatic N) is 1. The van der Waals surface area contributed by atoms with E-state index in [1.165, 1.54) is 12.1 Å². The van der Waals surface area contributed by atoms with Gasteiger partial charge in [-0.05, 0) is 24.3 Å². The molecule has 6 nitrogen and oxygen atoms in total. The van der Waals surface area contributed by atoms with Gasteiger partial charge in [-0.1, -0.05) is 0 Å². The molecule has 0 saturated carbocycles. The summed E-state index contributed by atoms with van der Waals surface area (Å²) in [7, 11) is 1.56. The lowest BCUT2D eigenvalue weighted by Crippen LogP contribution is -2.59. The van der Waals surface area contributed by atoms with Crippen molar-refractivity contribution < 1.29 is 14.7 Å². The zero-order valence-corrected chi connectivity index (χ0v) is 10.7. The number of hydrogen-bond donors (Lipinski definition) is 3. The normalized spacial score (nSPS) is 19.0. The van der Waals surface area contributed by atoms with Crippen LogP contribution in [0.5, 0.6) is 5.75 Å². The van der Waals surface area contributed by atoms with Gasteiger partial charge in [-0.3, -0.25) is 9.59 Å². The third-order valence-electron chi connectivity index (χ3n) is 3.17. The van der Waals surface area contributed by atoms with Crippen LogP contribution in [-0.4, -0.2) is 54.5 Å². The summed E-state index contributed by atoms with van der Waals surface area (Å²) in [6.45, 7) is 1.60. The minimum Gasteiger partial charge on any atom is -0.508 e. The average Bonchev–Trinajstić information content (AvgIpc) is 2.46. The molecule has 2 amide bonds. The minimum absolute atomic E-state index is 0.111. The predicted molar refractivity (Wildman–Crippen MR) is 69.9 cm³/mol. The second-order valence-corrected chi connectivity index (χ2v) is 4.38. The summed E-state index contributed by atoms with van der Waals surface area (Å²) in [6, 6.07) is 5.54. The van der Waals surface area contributed by atoms with Crippen molar-refractivity contribution in [3.8, 4) is 5.75 Å². The van der Waals surface area contributed by atoms with Crippen molar-refractivity contribution in [3.05, 3.63) is 29.8 Å². The summed E-state index contributed by atoms with van der Waals surface area (Å²) in [4.78, 5) is 25.7. The van der Waals surface area contributed by atoms with Crippen molar-refractivity contribution in [1.82, 2.24) is 15.5 Å². The van der Waals surface area contributed by atoms with Crippen molar-refractivity contribution in [1.29, 1.82) is 0 Å². The molecule has 1 aliphatic heterocycles. The Morgan fingerprint density at radius 3 is 2.68 bits per heavy atom. The molecule has 1 atom stereocenters. The van der Waals surface area contributed by atoms with Crippen molar-refractivity contribution >= 4 is 11.8 Å². The Bertz CT molecular complexity index is 473. The fourth-order valence-corrected chi connectivity index (χ4v) is 2.12. The number of phenols is 1. The summed E-state index contributed by atoms with van der Waals surface area (Å²) >= 11 is 0. The first-order valence-corrected chi connectivity index (χ1v) is 6.16. The molecule has 1 aromatic carbocycles. The fraction of sp³-hybridized carbons (Fsp3) is 0.385. The monoisotopic (exact) mass is 263 g/mol. The number of carbonyl (C=O) groups excluding carboxylic acids is 2. The third kappa shape index (κ3) is 2.85. The predicted octanol–water partition coefficient (Wildman–Crippen LogP) is -0.448. The van der Waals surface area contributed by atoms with E-state index in [0.29, 0.717) is 25.2 Å². The van der Waals surface area contributed by atoms with E-state index in [0.717, 1.165) is 0 Å². The summed E-state index contributed by atoms with van der Waals surface area (Å²) in [5, 5.41) is 14.9. The van der Waals surface area contributed by atoms with E-state index < -0.39 is 6.04 Å². The molecule has 0 aliphatic carbocycles. The highest BCUT2D eigenvalue weighted by Gasteiger charge is 2.31. The molecule has 0 bridgehead atoms. The largest absolute Gasteiger partial charge is 0.508 e. The van der Waals surface area contributed by atoms with Crippen LogP contribution in [0.4, 0.5) is 0 Å². The van der Waals surface area contributed by atoms with E-state index in [2.05, 4.69) is 10.6 Å². The van der Waals surface area contributed by atoms with Crippen LogP contribution < -0.4 is 10.6 Å². The summed E-state index contributed by atoms with van der Waals surface area (Å²) in [5.41, 5.74) is 0.466. The number of amides is 2. The molecule has 1 fully saturated rings. The Balaban J connectivity index is 2.20. The molecule has 102 valence electrons. The van der Waals surface area contributed by atoms with E-state index in [1.807, 2.05) is 0 Å². The van der Waals surface area contributed by atoms with Crippen molar-refractivity contribution in [2.24, 2.45) is 0 Å². The van der Waals surface area contributed by atoms with E-state index in [1.54, 1.807) is 24.1 Å². The van der Waals surface area contributed by atoms with Crippen LogP contribution >= 0.6 is 0 Å². The maximum atomic E-state index is 12.4. The Labute approximate surface area is 111 Å². The maximum absolute atomic E-state index is 12.4. The first-order valence-electron chi connectivity index (χ1n) is 6.16. The van der Waals surface area contributed by atoms with Crippen molar-refractivity contribution in [3.63, 3.8) is 0 Å². The van der Waals surface area contributed by atoms with Gasteiger partial charge < -0.3 is 20.6 Å². The second kappa shape index (κ2) is 5.71. The average molecular weight is 263 g/mol. The number of likely N-dealkylation sites (N-methyl/N-ethyl adjacent to an activating group) is 1. The number of phenolic OH excluding ortho intramolecular Hbond substituents is 1. The number of piperazine rings is 1. The minimum atomic E-state index is -0.500. The summed E-state index contributed by atoms with van der Waals surface area (Å²) < 4.78 is 0. The van der Waals surface area contributed by atoms with Gasteiger partial charge >= 0.3 is 0 Å². The Morgan fingerprint density at radius 2 is 2.05 bits per heavy atom. The van der Waals surface area contributed by atoms with Crippen LogP contribution in [-0.2, 0) is 4.79 Å². The topological polar surface area (TPSA) is 81.7 Å². The molecule has 1 saturated heterocycles. The molecule has 0 aromatic heterocycles. The number of hydrogen-bond acceptors (Lipinski definition) is 4. The van der Waals surface area contributed by atoms with E-state index in [9.17, 15) is 14.7 Å². The molecule has 19 heavy (non-hydrogen) atoms. The smallest absolute Gasteiger partial charge is 0.254 e. The molecule has 0 radical (unpaired) electrons. The van der Waals surface area contributed by atoms with Crippen LogP contribution in [0.15, 0.2) is 24.3 Å². The first kappa shape index (κ1) is 13.4. The van der Waals surface area contributed by atoms with E-state index in [-0.39, 0.29) is 17.6 Å². The lowest BCUT2D eigenvalue weighted by Gasteiger charge is -2.35. The Kier molecular flexibility index (Phi) is 4.01. The molecule has 2 rings (SSSR count). The van der Waals surface area contributed by atoms with Crippen LogP contribution in [0.25, 0.3) is 0 Å². The maximum Gasteiger partial charge on any atom is 0.254 e. The number of carbonyl (C=O) groups is 2.